The van der Waals surface area contributed by atoms with Crippen LogP contribution in [0, 0.1) is 10.1 Å². The van der Waals surface area contributed by atoms with Crippen LogP contribution in [0.15, 0.2) is 79.1 Å². The number of anilines is 1. The standard InChI is InChI=1S/C22H22N4O5S/c27-26(28)19-8-10-22(11-9-19)31-32(29,30)25(20-7-4-13-23-15-20)21-12-14-24(17-21)16-18-5-2-1-3-6-18/h1-11,13,15,21H,12,14,16-17H2. The van der Waals surface area contributed by atoms with E-state index in [1.54, 1.807) is 18.3 Å². The van der Waals surface area contributed by atoms with E-state index in [-0.39, 0.29) is 17.5 Å². The van der Waals surface area contributed by atoms with Crippen molar-refractivity contribution in [1.29, 1.82) is 0 Å². The fraction of sp³-hybridized carbons (Fsp3) is 0.227. The molecular formula is C22H22N4O5S. The molecule has 0 bridgehead atoms. The van der Waals surface area contributed by atoms with Crippen LogP contribution >= 0.6 is 0 Å². The molecule has 0 spiro atoms. The zero-order valence-corrected chi connectivity index (χ0v) is 18.0. The zero-order chi connectivity index (χ0) is 22.6. The van der Waals surface area contributed by atoms with Crippen LogP contribution in [0.2, 0.25) is 0 Å². The Hall–Kier alpha value is -3.50. The van der Waals surface area contributed by atoms with Gasteiger partial charge in [-0.2, -0.15) is 8.42 Å². The average Bonchev–Trinajstić information content (AvgIpc) is 3.22. The maximum Gasteiger partial charge on any atom is 0.410 e. The molecule has 4 rings (SSSR count). The number of nitro benzene ring substituents is 1. The largest absolute Gasteiger partial charge is 0.410 e. The summed E-state index contributed by atoms with van der Waals surface area (Å²) in [6.45, 7) is 2.00. The molecule has 32 heavy (non-hydrogen) atoms. The first-order chi connectivity index (χ1) is 15.4. The number of hydrogen-bond donors (Lipinski definition) is 0. The molecule has 0 N–H and O–H groups in total. The predicted octanol–water partition coefficient (Wildman–Crippen LogP) is 3.39. The number of aromatic nitrogens is 1. The molecule has 2 heterocycles. The van der Waals surface area contributed by atoms with E-state index in [2.05, 4.69) is 9.88 Å². The summed E-state index contributed by atoms with van der Waals surface area (Å²) >= 11 is 0. The van der Waals surface area contributed by atoms with Crippen LogP contribution in [0.1, 0.15) is 12.0 Å². The Kier molecular flexibility index (Phi) is 6.33. The van der Waals surface area contributed by atoms with Gasteiger partial charge in [0.25, 0.3) is 5.69 Å². The maximum absolute atomic E-state index is 13.3. The fourth-order valence-corrected chi connectivity index (χ4v) is 5.12. The van der Waals surface area contributed by atoms with Gasteiger partial charge in [-0.3, -0.25) is 20.0 Å². The van der Waals surface area contributed by atoms with Crippen molar-refractivity contribution in [3.05, 3.63) is 94.8 Å². The van der Waals surface area contributed by atoms with Crippen LogP contribution in [0.25, 0.3) is 0 Å². The lowest BCUT2D eigenvalue weighted by atomic mass is 10.2. The molecule has 1 unspecified atom stereocenters. The number of non-ortho nitro benzene ring substituents is 1. The van der Waals surface area contributed by atoms with E-state index in [9.17, 15) is 18.5 Å². The number of nitrogens with zero attached hydrogens (tertiary/aromatic N) is 4. The second-order valence-corrected chi connectivity index (χ2v) is 8.88. The van der Waals surface area contributed by atoms with Gasteiger partial charge in [-0.1, -0.05) is 30.3 Å². The Morgan fingerprint density at radius 2 is 1.84 bits per heavy atom. The molecule has 1 fully saturated rings. The highest BCUT2D eigenvalue weighted by molar-refractivity contribution is 7.88. The van der Waals surface area contributed by atoms with Crippen molar-refractivity contribution in [3.63, 3.8) is 0 Å². The molecule has 166 valence electrons. The minimum atomic E-state index is -4.24. The van der Waals surface area contributed by atoms with Gasteiger partial charge in [-0.05, 0) is 36.2 Å². The molecule has 1 aromatic heterocycles. The number of rotatable bonds is 8. The van der Waals surface area contributed by atoms with Crippen molar-refractivity contribution in [1.82, 2.24) is 9.88 Å². The normalized spacial score (nSPS) is 16.6. The molecule has 1 atom stereocenters. The summed E-state index contributed by atoms with van der Waals surface area (Å²) in [6, 6.07) is 18.0. The van der Waals surface area contributed by atoms with E-state index in [0.717, 1.165) is 18.7 Å². The Morgan fingerprint density at radius 1 is 1.09 bits per heavy atom. The van der Waals surface area contributed by atoms with Crippen molar-refractivity contribution in [3.8, 4) is 5.75 Å². The minimum Gasteiger partial charge on any atom is -0.367 e. The molecule has 1 aliphatic heterocycles. The van der Waals surface area contributed by atoms with Crippen molar-refractivity contribution in [2.75, 3.05) is 17.4 Å². The van der Waals surface area contributed by atoms with E-state index in [0.29, 0.717) is 18.7 Å². The molecule has 3 aromatic rings. The third kappa shape index (κ3) is 5.04. The van der Waals surface area contributed by atoms with Crippen LogP contribution in [-0.2, 0) is 16.8 Å². The van der Waals surface area contributed by atoms with Gasteiger partial charge >= 0.3 is 10.3 Å². The first-order valence-corrected chi connectivity index (χ1v) is 11.4. The van der Waals surface area contributed by atoms with Crippen molar-refractivity contribution in [2.45, 2.75) is 19.0 Å². The van der Waals surface area contributed by atoms with Crippen LogP contribution < -0.4 is 8.49 Å². The number of likely N-dealkylation sites (tertiary alicyclic amines) is 1. The smallest absolute Gasteiger partial charge is 0.367 e. The summed E-state index contributed by atoms with van der Waals surface area (Å²) in [5, 5.41) is 10.9. The van der Waals surface area contributed by atoms with Crippen LogP contribution in [0.3, 0.4) is 0 Å². The summed E-state index contributed by atoms with van der Waals surface area (Å²) in [6.07, 6.45) is 3.68. The van der Waals surface area contributed by atoms with E-state index >= 15 is 0 Å². The average molecular weight is 455 g/mol. The van der Waals surface area contributed by atoms with Crippen molar-refractivity contribution < 1.29 is 17.5 Å². The quantitative estimate of drug-likeness (QED) is 0.379. The first-order valence-electron chi connectivity index (χ1n) is 10.1. The van der Waals surface area contributed by atoms with E-state index in [1.807, 2.05) is 30.3 Å². The van der Waals surface area contributed by atoms with Gasteiger partial charge < -0.3 is 4.18 Å². The lowest BCUT2D eigenvalue weighted by Crippen LogP contribution is -2.44. The van der Waals surface area contributed by atoms with Gasteiger partial charge in [0.2, 0.25) is 0 Å². The van der Waals surface area contributed by atoms with Crippen molar-refractivity contribution >= 4 is 21.7 Å². The SMILES string of the molecule is O=[N+]([O-])c1ccc(OS(=O)(=O)N(c2cccnc2)C2CCN(Cc3ccccc3)C2)cc1. The highest BCUT2D eigenvalue weighted by Gasteiger charge is 2.37. The van der Waals surface area contributed by atoms with E-state index in [4.69, 9.17) is 4.18 Å². The second-order valence-electron chi connectivity index (χ2n) is 7.46. The van der Waals surface area contributed by atoms with Gasteiger partial charge in [0.1, 0.15) is 5.75 Å². The topological polar surface area (TPSA) is 106 Å². The van der Waals surface area contributed by atoms with E-state index < -0.39 is 15.2 Å². The number of benzene rings is 2. The van der Waals surface area contributed by atoms with Gasteiger partial charge in [0, 0.05) is 38.0 Å². The molecule has 1 aliphatic rings. The highest BCUT2D eigenvalue weighted by atomic mass is 32.2. The highest BCUT2D eigenvalue weighted by Crippen LogP contribution is 2.29. The van der Waals surface area contributed by atoms with Crippen LogP contribution in [0.5, 0.6) is 5.75 Å². The predicted molar refractivity (Wildman–Crippen MR) is 119 cm³/mol. The number of pyridine rings is 1. The Bertz CT molecular complexity index is 1160. The lowest BCUT2D eigenvalue weighted by molar-refractivity contribution is -0.384. The molecule has 0 radical (unpaired) electrons. The second kappa shape index (κ2) is 9.33. The minimum absolute atomic E-state index is 0.00336. The molecule has 9 nitrogen and oxygen atoms in total. The Labute approximate surface area is 186 Å². The van der Waals surface area contributed by atoms with Gasteiger partial charge in [-0.15, -0.1) is 0 Å². The third-order valence-electron chi connectivity index (χ3n) is 5.22. The van der Waals surface area contributed by atoms with Gasteiger partial charge in [-0.25, -0.2) is 4.31 Å². The van der Waals surface area contributed by atoms with Crippen LogP contribution in [0.4, 0.5) is 11.4 Å². The summed E-state index contributed by atoms with van der Waals surface area (Å²) in [5.74, 6) is 0.00336. The summed E-state index contributed by atoms with van der Waals surface area (Å²) in [4.78, 5) is 16.6. The molecular weight excluding hydrogens is 432 g/mol. The Morgan fingerprint density at radius 3 is 2.50 bits per heavy atom. The molecule has 1 saturated heterocycles. The maximum atomic E-state index is 13.3. The summed E-state index contributed by atoms with van der Waals surface area (Å²) in [7, 11) is -4.24. The van der Waals surface area contributed by atoms with Gasteiger partial charge in [0.05, 0.1) is 22.8 Å². The molecule has 2 aromatic carbocycles. The summed E-state index contributed by atoms with van der Waals surface area (Å²) in [5.41, 5.74) is 1.42. The van der Waals surface area contributed by atoms with Crippen molar-refractivity contribution in [2.24, 2.45) is 0 Å². The molecule has 0 saturated carbocycles. The first kappa shape index (κ1) is 21.7. The Balaban J connectivity index is 1.56. The molecule has 10 heteroatoms. The number of hydrogen-bond acceptors (Lipinski definition) is 7. The van der Waals surface area contributed by atoms with Crippen LogP contribution in [-0.4, -0.2) is 42.4 Å². The van der Waals surface area contributed by atoms with E-state index in [1.165, 1.54) is 34.8 Å². The summed E-state index contributed by atoms with van der Waals surface area (Å²) < 4.78 is 33.2. The van der Waals surface area contributed by atoms with Gasteiger partial charge in [0.15, 0.2) is 0 Å². The number of nitro groups is 1. The zero-order valence-electron chi connectivity index (χ0n) is 17.1. The molecule has 0 amide bonds. The monoisotopic (exact) mass is 454 g/mol. The molecule has 0 aliphatic carbocycles. The fourth-order valence-electron chi connectivity index (χ4n) is 3.78. The lowest BCUT2D eigenvalue weighted by Gasteiger charge is -2.29. The third-order valence-corrected chi connectivity index (χ3v) is 6.61.